The summed E-state index contributed by atoms with van der Waals surface area (Å²) in [5.41, 5.74) is 3.12. The van der Waals surface area contributed by atoms with E-state index in [4.69, 9.17) is 46.4 Å². The normalized spacial score (nSPS) is 15.1. The average Bonchev–Trinajstić information content (AvgIpc) is 3.19. The van der Waals surface area contributed by atoms with Crippen molar-refractivity contribution in [2.45, 2.75) is 71.5 Å². The number of amides is 4. The summed E-state index contributed by atoms with van der Waals surface area (Å²) < 4.78 is 35.2. The summed E-state index contributed by atoms with van der Waals surface area (Å²) in [7, 11) is -4.67. The zero-order chi connectivity index (χ0) is 44.0. The molecule has 0 spiro atoms. The van der Waals surface area contributed by atoms with Crippen LogP contribution in [-0.4, -0.2) is 36.6 Å². The monoisotopic (exact) mass is 912 g/mol. The Kier molecular flexibility index (Phi) is 9.61. The third-order valence-electron chi connectivity index (χ3n) is 12.2. The predicted molar refractivity (Wildman–Crippen MR) is 245 cm³/mol. The molecule has 0 fully saturated rings. The quantitative estimate of drug-likeness (QED) is 0.0729. The van der Waals surface area contributed by atoms with Gasteiger partial charge in [0.15, 0.2) is 0 Å². The molecule has 0 aromatic heterocycles. The molecule has 7 aromatic carbocycles. The summed E-state index contributed by atoms with van der Waals surface area (Å²) in [5, 5.41) is 1.36. The van der Waals surface area contributed by atoms with Crippen LogP contribution in [0.1, 0.15) is 135 Å². The van der Waals surface area contributed by atoms with E-state index in [0.29, 0.717) is 49.0 Å². The minimum absolute atomic E-state index is 0.0207. The van der Waals surface area contributed by atoms with Crippen LogP contribution in [0.3, 0.4) is 0 Å². The lowest BCUT2D eigenvalue weighted by atomic mass is 9.81. The Morgan fingerprint density at radius 1 is 0.443 bits per heavy atom. The van der Waals surface area contributed by atoms with E-state index < -0.39 is 39.0 Å². The molecule has 1 atom stereocenters. The molecule has 61 heavy (non-hydrogen) atoms. The highest BCUT2D eigenvalue weighted by Crippen LogP contribution is 2.55. The zero-order valence-electron chi connectivity index (χ0n) is 33.8. The Balaban J connectivity index is 1.36. The number of carbonyl (C=O) groups excluding carboxylic acids is 4. The maximum atomic E-state index is 14.9. The Morgan fingerprint density at radius 2 is 0.705 bits per heavy atom. The van der Waals surface area contributed by atoms with Gasteiger partial charge >= 0.3 is 0 Å². The highest BCUT2D eigenvalue weighted by atomic mass is 35.5. The molecule has 9 nitrogen and oxygen atoms in total. The molecule has 310 valence electrons. The number of carbonyl (C=O) groups is 4. The van der Waals surface area contributed by atoms with Crippen LogP contribution in [0.15, 0.2) is 60.7 Å². The predicted octanol–water partition coefficient (Wildman–Crippen LogP) is 13.3. The van der Waals surface area contributed by atoms with Crippen LogP contribution in [-0.2, 0) is 10.1 Å². The van der Waals surface area contributed by atoms with Crippen LogP contribution in [0.2, 0.25) is 20.1 Å². The van der Waals surface area contributed by atoms with Gasteiger partial charge < -0.3 is 0 Å². The van der Waals surface area contributed by atoms with Gasteiger partial charge in [-0.3, -0.25) is 23.7 Å². The van der Waals surface area contributed by atoms with Crippen LogP contribution in [0.5, 0.6) is 0 Å². The van der Waals surface area contributed by atoms with Crippen LogP contribution in [0.4, 0.5) is 11.4 Å². The van der Waals surface area contributed by atoms with Crippen molar-refractivity contribution < 1.29 is 32.1 Å². The van der Waals surface area contributed by atoms with E-state index in [1.165, 1.54) is 42.2 Å². The summed E-state index contributed by atoms with van der Waals surface area (Å²) in [4.78, 5) is 61.7. The lowest BCUT2D eigenvalue weighted by Crippen LogP contribution is -2.42. The van der Waals surface area contributed by atoms with Crippen LogP contribution in [0.25, 0.3) is 43.1 Å². The summed E-state index contributed by atoms with van der Waals surface area (Å²) in [6, 6.07) is 16.4. The van der Waals surface area contributed by atoms with Gasteiger partial charge in [0, 0.05) is 63.2 Å². The van der Waals surface area contributed by atoms with Crippen LogP contribution in [0, 0.1) is 0 Å². The summed E-state index contributed by atoms with van der Waals surface area (Å²) in [5.74, 6) is -3.06. The molecular formula is C47H36Cl4N2O7S. The summed E-state index contributed by atoms with van der Waals surface area (Å²) in [6.07, 6.45) is 0. The molecule has 0 saturated carbocycles. The molecule has 2 aliphatic heterocycles. The second-order valence-corrected chi connectivity index (χ2v) is 20.1. The zero-order valence-corrected chi connectivity index (χ0v) is 37.6. The number of benzene rings is 7. The fraction of sp³-hybridized carbons (Fsp3) is 0.234. The van der Waals surface area contributed by atoms with Gasteiger partial charge in [0.25, 0.3) is 33.7 Å². The lowest BCUT2D eigenvalue weighted by Gasteiger charge is -2.34. The van der Waals surface area contributed by atoms with Crippen molar-refractivity contribution in [3.05, 3.63) is 125 Å². The minimum atomic E-state index is -4.67. The molecule has 1 unspecified atom stereocenters. The van der Waals surface area contributed by atoms with Gasteiger partial charge in [-0.05, 0) is 71.2 Å². The molecule has 7 aromatic rings. The van der Waals surface area contributed by atoms with Gasteiger partial charge in [-0.2, -0.15) is 8.42 Å². The van der Waals surface area contributed by atoms with E-state index >= 15 is 0 Å². The van der Waals surface area contributed by atoms with Gasteiger partial charge in [-0.25, -0.2) is 9.80 Å². The number of rotatable bonds is 7. The SMILES string of the molecule is CC(C)c1cccc(C(C)C)c1N1C(=O)c2cc(Cl)c3c4c(Cl)cc5c6c(cc(Cl)c(c7c(Cl)cc(c2c37)C1=O)c64)C(=O)N(c1c(C(C)C)cccc1C(C)S(=O)(=O)O)C5=O. The molecule has 1 N–H and O–H groups in total. The van der Waals surface area contributed by atoms with E-state index in [2.05, 4.69) is 0 Å². The minimum Gasteiger partial charge on any atom is -0.285 e. The van der Waals surface area contributed by atoms with Gasteiger partial charge in [0.05, 0.1) is 33.6 Å². The van der Waals surface area contributed by atoms with E-state index in [1.54, 1.807) is 12.1 Å². The van der Waals surface area contributed by atoms with Crippen molar-refractivity contribution in [1.29, 1.82) is 0 Å². The van der Waals surface area contributed by atoms with Gasteiger partial charge in [-0.15, -0.1) is 0 Å². The number of halogens is 4. The van der Waals surface area contributed by atoms with E-state index in [1.807, 2.05) is 59.7 Å². The largest absolute Gasteiger partial charge is 0.285 e. The fourth-order valence-corrected chi connectivity index (χ4v) is 11.1. The Morgan fingerprint density at radius 3 is 0.967 bits per heavy atom. The van der Waals surface area contributed by atoms with E-state index in [0.717, 1.165) is 16.0 Å². The number of fused-ring (bicyclic) bond motifs is 2. The molecule has 14 heteroatoms. The first-order chi connectivity index (χ1) is 28.7. The van der Waals surface area contributed by atoms with Crippen molar-refractivity contribution in [1.82, 2.24) is 0 Å². The number of anilines is 2. The molecule has 0 bridgehead atoms. The van der Waals surface area contributed by atoms with Crippen molar-refractivity contribution in [3.8, 4) is 0 Å². The molecule has 2 heterocycles. The smallest absolute Gasteiger partial charge is 0.271 e. The van der Waals surface area contributed by atoms with Gasteiger partial charge in [0.2, 0.25) is 0 Å². The molecule has 0 radical (unpaired) electrons. The Hall–Kier alpha value is -4.81. The maximum absolute atomic E-state index is 14.9. The maximum Gasteiger partial charge on any atom is 0.271 e. The number of hydrogen-bond acceptors (Lipinski definition) is 6. The fourth-order valence-electron chi connectivity index (χ4n) is 9.43. The van der Waals surface area contributed by atoms with E-state index in [9.17, 15) is 32.1 Å². The molecular weight excluding hydrogens is 878 g/mol. The third kappa shape index (κ3) is 5.72. The summed E-state index contributed by atoms with van der Waals surface area (Å²) in [6.45, 7) is 12.9. The molecule has 4 amide bonds. The topological polar surface area (TPSA) is 129 Å². The first kappa shape index (κ1) is 41.5. The second kappa shape index (κ2) is 14.1. The molecule has 9 rings (SSSR count). The third-order valence-corrected chi connectivity index (χ3v) is 14.6. The Labute approximate surface area is 371 Å². The van der Waals surface area contributed by atoms with E-state index in [-0.39, 0.29) is 76.7 Å². The number of para-hydroxylation sites is 2. The number of nitrogens with zero attached hydrogens (tertiary/aromatic N) is 2. The lowest BCUT2D eigenvalue weighted by molar-refractivity contribution is 0.0877. The van der Waals surface area contributed by atoms with Crippen LogP contribution >= 0.6 is 46.4 Å². The van der Waals surface area contributed by atoms with Crippen molar-refractivity contribution >= 4 is 135 Å². The molecule has 0 saturated heterocycles. The van der Waals surface area contributed by atoms with Crippen molar-refractivity contribution in [2.24, 2.45) is 0 Å². The van der Waals surface area contributed by atoms with Crippen LogP contribution < -0.4 is 9.80 Å². The average molecular weight is 915 g/mol. The molecule has 0 aliphatic carbocycles. The first-order valence-corrected chi connectivity index (χ1v) is 22.7. The van der Waals surface area contributed by atoms with Crippen molar-refractivity contribution in [3.63, 3.8) is 0 Å². The number of imide groups is 2. The van der Waals surface area contributed by atoms with Crippen molar-refractivity contribution in [2.75, 3.05) is 9.80 Å². The molecule has 2 aliphatic rings. The first-order valence-electron chi connectivity index (χ1n) is 19.7. The highest BCUT2D eigenvalue weighted by molar-refractivity contribution is 7.86. The Bertz CT molecular complexity index is 3170. The summed E-state index contributed by atoms with van der Waals surface area (Å²) >= 11 is 29.0. The second-order valence-electron chi connectivity index (χ2n) is 16.7. The van der Waals surface area contributed by atoms with Gasteiger partial charge in [-0.1, -0.05) is 124 Å². The standard InChI is InChI=1S/C47H36Cl4N2O7S/c1-18(2)22-10-8-11-23(19(3)4)42(22)52-44(54)26-14-30(48)36-38-32(50)16-28-35-29(17-33(51)39(41(35)38)37-31(49)15-27(45(52)55)34(26)40(36)37)47(57)53(46(28)56)43-24(20(5)6)12-9-13-25(43)21(7)61(58,59)60/h8-21H,1-7H3,(H,58,59,60). The highest BCUT2D eigenvalue weighted by Gasteiger charge is 2.43. The van der Waals surface area contributed by atoms with Gasteiger partial charge in [0.1, 0.15) is 5.25 Å². The number of hydrogen-bond donors (Lipinski definition) is 1.